The molecule has 0 heterocycles. The summed E-state index contributed by atoms with van der Waals surface area (Å²) in [5.41, 5.74) is 0. The summed E-state index contributed by atoms with van der Waals surface area (Å²) in [7, 11) is -0.115. The van der Waals surface area contributed by atoms with Crippen molar-refractivity contribution in [2.45, 2.75) is 71.6 Å². The summed E-state index contributed by atoms with van der Waals surface area (Å²) in [5, 5.41) is 9.80. The standard InChI is InChI=1S/C14H28NP/c1-8-13(4,5)16(11-12(3)10-15)14(6,7)9-2/h12H,8-9,11H2,1-7H3/t12-/m1/s1. The lowest BCUT2D eigenvalue weighted by Crippen LogP contribution is -2.31. The first-order valence-corrected chi connectivity index (χ1v) is 7.91. The van der Waals surface area contributed by atoms with Crippen LogP contribution in [0.3, 0.4) is 0 Å². The third kappa shape index (κ3) is 4.06. The largest absolute Gasteiger partial charge is 0.198 e. The van der Waals surface area contributed by atoms with E-state index in [0.717, 1.165) is 6.16 Å². The van der Waals surface area contributed by atoms with E-state index in [9.17, 15) is 0 Å². The summed E-state index contributed by atoms with van der Waals surface area (Å²) in [6.45, 7) is 16.1. The number of hydrogen-bond acceptors (Lipinski definition) is 1. The average Bonchev–Trinajstić information content (AvgIpc) is 2.24. The minimum absolute atomic E-state index is 0.115. The minimum atomic E-state index is -0.115. The molecule has 2 heteroatoms. The van der Waals surface area contributed by atoms with Crippen LogP contribution in [0.1, 0.15) is 61.3 Å². The lowest BCUT2D eigenvalue weighted by molar-refractivity contribution is 0.595. The molecule has 0 spiro atoms. The Hall–Kier alpha value is -0.0800. The van der Waals surface area contributed by atoms with Gasteiger partial charge in [-0.15, -0.1) is 0 Å². The van der Waals surface area contributed by atoms with Crippen LogP contribution in [-0.2, 0) is 0 Å². The van der Waals surface area contributed by atoms with Gasteiger partial charge in [-0.25, -0.2) is 0 Å². The Morgan fingerprint density at radius 3 is 1.69 bits per heavy atom. The molecule has 0 radical (unpaired) electrons. The van der Waals surface area contributed by atoms with Crippen molar-refractivity contribution in [3.8, 4) is 6.07 Å². The van der Waals surface area contributed by atoms with Crippen molar-refractivity contribution in [1.82, 2.24) is 0 Å². The Bertz CT molecular complexity index is 234. The molecule has 0 N–H and O–H groups in total. The number of hydrogen-bond donors (Lipinski definition) is 0. The van der Waals surface area contributed by atoms with E-state index in [1.165, 1.54) is 12.8 Å². The van der Waals surface area contributed by atoms with Crippen LogP contribution in [0.5, 0.6) is 0 Å². The van der Waals surface area contributed by atoms with E-state index >= 15 is 0 Å². The van der Waals surface area contributed by atoms with Crippen molar-refractivity contribution in [2.24, 2.45) is 5.92 Å². The van der Waals surface area contributed by atoms with Crippen LogP contribution in [0.25, 0.3) is 0 Å². The fourth-order valence-corrected chi connectivity index (χ4v) is 6.03. The van der Waals surface area contributed by atoms with Gasteiger partial charge in [0.25, 0.3) is 0 Å². The molecule has 1 atom stereocenters. The van der Waals surface area contributed by atoms with Crippen molar-refractivity contribution in [3.05, 3.63) is 0 Å². The van der Waals surface area contributed by atoms with Gasteiger partial charge >= 0.3 is 0 Å². The van der Waals surface area contributed by atoms with E-state index in [2.05, 4.69) is 54.5 Å². The molecular weight excluding hydrogens is 213 g/mol. The Kier molecular flexibility index (Phi) is 5.99. The third-order valence-corrected chi connectivity index (χ3v) is 8.34. The number of nitriles is 1. The van der Waals surface area contributed by atoms with Crippen LogP contribution < -0.4 is 0 Å². The lowest BCUT2D eigenvalue weighted by atomic mass is 10.1. The van der Waals surface area contributed by atoms with E-state index < -0.39 is 0 Å². The molecule has 0 aromatic carbocycles. The zero-order valence-electron chi connectivity index (χ0n) is 12.1. The molecule has 0 bridgehead atoms. The second kappa shape index (κ2) is 6.02. The molecule has 0 aliphatic heterocycles. The highest BCUT2D eigenvalue weighted by atomic mass is 31.1. The van der Waals surface area contributed by atoms with Crippen LogP contribution in [-0.4, -0.2) is 16.5 Å². The van der Waals surface area contributed by atoms with E-state index in [1.807, 2.05) is 0 Å². The topological polar surface area (TPSA) is 23.8 Å². The quantitative estimate of drug-likeness (QED) is 0.600. The predicted molar refractivity (Wildman–Crippen MR) is 75.3 cm³/mol. The van der Waals surface area contributed by atoms with Gasteiger partial charge in [-0.2, -0.15) is 5.26 Å². The highest BCUT2D eigenvalue weighted by molar-refractivity contribution is 7.60. The second-order valence-electron chi connectivity index (χ2n) is 5.97. The Morgan fingerprint density at radius 2 is 1.44 bits per heavy atom. The van der Waals surface area contributed by atoms with Crippen LogP contribution in [0.15, 0.2) is 0 Å². The molecule has 0 aromatic heterocycles. The van der Waals surface area contributed by atoms with Crippen LogP contribution in [0.4, 0.5) is 0 Å². The summed E-state index contributed by atoms with van der Waals surface area (Å²) in [5.74, 6) is 0.197. The lowest BCUT2D eigenvalue weighted by Gasteiger charge is -2.45. The summed E-state index contributed by atoms with van der Waals surface area (Å²) < 4.78 is 0. The van der Waals surface area contributed by atoms with E-state index in [-0.39, 0.29) is 13.8 Å². The zero-order valence-corrected chi connectivity index (χ0v) is 13.0. The van der Waals surface area contributed by atoms with Crippen molar-refractivity contribution in [3.63, 3.8) is 0 Å². The second-order valence-corrected chi connectivity index (χ2v) is 9.62. The van der Waals surface area contributed by atoms with Gasteiger partial charge in [0.1, 0.15) is 0 Å². The normalized spacial score (nSPS) is 14.9. The number of nitrogens with zero attached hydrogens (tertiary/aromatic N) is 1. The zero-order chi connectivity index (χ0) is 13.0. The van der Waals surface area contributed by atoms with Gasteiger partial charge in [0, 0.05) is 5.92 Å². The van der Waals surface area contributed by atoms with Crippen molar-refractivity contribution in [2.75, 3.05) is 6.16 Å². The summed E-state index contributed by atoms with van der Waals surface area (Å²) >= 11 is 0. The number of rotatable bonds is 6. The van der Waals surface area contributed by atoms with E-state index in [4.69, 9.17) is 5.26 Å². The molecule has 16 heavy (non-hydrogen) atoms. The maximum Gasteiger partial charge on any atom is 0.0656 e. The smallest absolute Gasteiger partial charge is 0.0656 e. The highest BCUT2D eigenvalue weighted by Crippen LogP contribution is 2.62. The van der Waals surface area contributed by atoms with Crippen molar-refractivity contribution >= 4 is 7.92 Å². The summed E-state index contributed by atoms with van der Waals surface area (Å²) in [4.78, 5) is 0. The average molecular weight is 241 g/mol. The van der Waals surface area contributed by atoms with Gasteiger partial charge in [-0.3, -0.25) is 0 Å². The van der Waals surface area contributed by atoms with Crippen molar-refractivity contribution in [1.29, 1.82) is 5.26 Å². The minimum Gasteiger partial charge on any atom is -0.198 e. The third-order valence-electron chi connectivity index (χ3n) is 3.87. The molecular formula is C14H28NP. The highest BCUT2D eigenvalue weighted by Gasteiger charge is 2.38. The van der Waals surface area contributed by atoms with Gasteiger partial charge in [-0.1, -0.05) is 49.5 Å². The molecule has 0 amide bonds. The molecule has 0 saturated heterocycles. The Morgan fingerprint density at radius 1 is 1.06 bits per heavy atom. The molecule has 0 rings (SSSR count). The van der Waals surface area contributed by atoms with E-state index in [1.54, 1.807) is 0 Å². The molecule has 0 aliphatic rings. The first kappa shape index (κ1) is 15.9. The fraction of sp³-hybridized carbons (Fsp3) is 0.929. The molecule has 0 aromatic rings. The van der Waals surface area contributed by atoms with Gasteiger partial charge in [0.2, 0.25) is 0 Å². The SMILES string of the molecule is CCC(C)(C)P(C[C@H](C)C#N)C(C)(C)CC. The van der Waals surface area contributed by atoms with E-state index in [0.29, 0.717) is 10.3 Å². The summed E-state index contributed by atoms with van der Waals surface area (Å²) in [6.07, 6.45) is 3.51. The van der Waals surface area contributed by atoms with Gasteiger partial charge in [-0.05, 0) is 36.2 Å². The fourth-order valence-electron chi connectivity index (χ4n) is 2.01. The van der Waals surface area contributed by atoms with Crippen LogP contribution >= 0.6 is 7.92 Å². The Labute approximate surface area is 103 Å². The first-order valence-electron chi connectivity index (χ1n) is 6.38. The molecule has 94 valence electrons. The summed E-state index contributed by atoms with van der Waals surface area (Å²) in [6, 6.07) is 2.40. The molecule has 0 fully saturated rings. The van der Waals surface area contributed by atoms with Gasteiger partial charge in [0.15, 0.2) is 0 Å². The van der Waals surface area contributed by atoms with Crippen molar-refractivity contribution < 1.29 is 0 Å². The predicted octanol–water partition coefficient (Wildman–Crippen LogP) is 5.01. The van der Waals surface area contributed by atoms with Gasteiger partial charge < -0.3 is 0 Å². The van der Waals surface area contributed by atoms with Gasteiger partial charge in [0.05, 0.1) is 6.07 Å². The first-order chi connectivity index (χ1) is 7.21. The Balaban J connectivity index is 5.00. The maximum absolute atomic E-state index is 9.02. The molecule has 0 saturated carbocycles. The molecule has 0 unspecified atom stereocenters. The monoisotopic (exact) mass is 241 g/mol. The van der Waals surface area contributed by atoms with Crippen LogP contribution in [0.2, 0.25) is 0 Å². The maximum atomic E-state index is 9.02. The molecule has 1 nitrogen and oxygen atoms in total. The van der Waals surface area contributed by atoms with Crippen LogP contribution in [0, 0.1) is 17.2 Å². The molecule has 0 aliphatic carbocycles.